The standard InChI is InChI=1S/C23H15N7/c1-2-16(13-25-8-1)17-7-11-26-22-20(17)27-23(28-22)21-18-12-15(3-4-19(18)29-30-21)14-5-9-24-10-6-14/h1-13H,(H,29,30)(H,26,27,28). The molecule has 0 bridgehead atoms. The molecule has 0 radical (unpaired) electrons. The summed E-state index contributed by atoms with van der Waals surface area (Å²) in [6.07, 6.45) is 8.94. The summed E-state index contributed by atoms with van der Waals surface area (Å²) >= 11 is 0. The van der Waals surface area contributed by atoms with E-state index in [1.807, 2.05) is 42.6 Å². The maximum Gasteiger partial charge on any atom is 0.178 e. The highest BCUT2D eigenvalue weighted by atomic mass is 15.1. The van der Waals surface area contributed by atoms with Gasteiger partial charge in [0.15, 0.2) is 11.5 Å². The fourth-order valence-electron chi connectivity index (χ4n) is 3.70. The van der Waals surface area contributed by atoms with Gasteiger partial charge in [-0.1, -0.05) is 12.1 Å². The average molecular weight is 389 g/mol. The van der Waals surface area contributed by atoms with E-state index in [4.69, 9.17) is 4.98 Å². The Morgan fingerprint density at radius 2 is 1.70 bits per heavy atom. The van der Waals surface area contributed by atoms with Gasteiger partial charge in [0.1, 0.15) is 5.69 Å². The van der Waals surface area contributed by atoms with Crippen LogP contribution in [0.15, 0.2) is 79.5 Å². The quantitative estimate of drug-likeness (QED) is 0.460. The van der Waals surface area contributed by atoms with Crippen molar-refractivity contribution in [3.8, 4) is 33.8 Å². The summed E-state index contributed by atoms with van der Waals surface area (Å²) in [6.45, 7) is 0. The van der Waals surface area contributed by atoms with Crippen LogP contribution >= 0.6 is 0 Å². The van der Waals surface area contributed by atoms with E-state index in [1.54, 1.807) is 24.8 Å². The van der Waals surface area contributed by atoms with E-state index in [1.165, 1.54) is 0 Å². The number of nitrogens with one attached hydrogen (secondary N) is 2. The van der Waals surface area contributed by atoms with Crippen molar-refractivity contribution in [2.45, 2.75) is 0 Å². The molecule has 5 aromatic heterocycles. The number of hydrogen-bond donors (Lipinski definition) is 2. The van der Waals surface area contributed by atoms with Crippen molar-refractivity contribution in [1.82, 2.24) is 35.1 Å². The molecular weight excluding hydrogens is 374 g/mol. The lowest BCUT2D eigenvalue weighted by Gasteiger charge is -2.02. The van der Waals surface area contributed by atoms with Crippen molar-refractivity contribution in [1.29, 1.82) is 0 Å². The van der Waals surface area contributed by atoms with E-state index in [2.05, 4.69) is 42.3 Å². The van der Waals surface area contributed by atoms with Crippen molar-refractivity contribution in [2.75, 3.05) is 0 Å². The van der Waals surface area contributed by atoms with Gasteiger partial charge in [0, 0.05) is 47.5 Å². The Morgan fingerprint density at radius 3 is 2.57 bits per heavy atom. The van der Waals surface area contributed by atoms with Crippen LogP contribution in [-0.2, 0) is 0 Å². The lowest BCUT2D eigenvalue weighted by molar-refractivity contribution is 1.10. The average Bonchev–Trinajstić information content (AvgIpc) is 3.43. The van der Waals surface area contributed by atoms with Crippen LogP contribution in [0.4, 0.5) is 0 Å². The van der Waals surface area contributed by atoms with Crippen molar-refractivity contribution < 1.29 is 0 Å². The first-order valence-electron chi connectivity index (χ1n) is 9.51. The molecule has 0 fully saturated rings. The van der Waals surface area contributed by atoms with Crippen LogP contribution in [-0.4, -0.2) is 35.1 Å². The minimum Gasteiger partial charge on any atom is -0.335 e. The number of benzene rings is 1. The molecule has 1 aromatic carbocycles. The smallest absolute Gasteiger partial charge is 0.178 e. The van der Waals surface area contributed by atoms with E-state index < -0.39 is 0 Å². The van der Waals surface area contributed by atoms with E-state index in [9.17, 15) is 0 Å². The molecule has 0 saturated heterocycles. The Morgan fingerprint density at radius 1 is 0.767 bits per heavy atom. The number of aromatic amines is 2. The molecule has 0 spiro atoms. The maximum absolute atomic E-state index is 4.71. The molecule has 0 aliphatic carbocycles. The molecule has 0 aliphatic heterocycles. The molecule has 5 heterocycles. The number of H-pyrrole nitrogens is 2. The number of hydrogen-bond acceptors (Lipinski definition) is 5. The first-order chi connectivity index (χ1) is 14.9. The minimum absolute atomic E-state index is 0.646. The Bertz CT molecular complexity index is 1480. The molecule has 6 aromatic rings. The van der Waals surface area contributed by atoms with Crippen molar-refractivity contribution >= 4 is 22.1 Å². The van der Waals surface area contributed by atoms with E-state index in [-0.39, 0.29) is 0 Å². The third kappa shape index (κ3) is 2.64. The van der Waals surface area contributed by atoms with E-state index in [0.29, 0.717) is 11.5 Å². The van der Waals surface area contributed by atoms with Crippen LogP contribution in [0.1, 0.15) is 0 Å². The maximum atomic E-state index is 4.71. The van der Waals surface area contributed by atoms with Gasteiger partial charge < -0.3 is 4.98 Å². The Hall–Kier alpha value is -4.39. The van der Waals surface area contributed by atoms with Gasteiger partial charge >= 0.3 is 0 Å². The van der Waals surface area contributed by atoms with Crippen molar-refractivity contribution in [3.05, 3.63) is 79.5 Å². The molecule has 0 saturated carbocycles. The summed E-state index contributed by atoms with van der Waals surface area (Å²) in [5.41, 5.74) is 7.42. The first kappa shape index (κ1) is 16.6. The topological polar surface area (TPSA) is 96.0 Å². The molecule has 6 rings (SSSR count). The van der Waals surface area contributed by atoms with E-state index in [0.717, 1.165) is 44.4 Å². The number of pyridine rings is 3. The van der Waals surface area contributed by atoms with Gasteiger partial charge in [0.25, 0.3) is 0 Å². The number of imidazole rings is 1. The van der Waals surface area contributed by atoms with Crippen molar-refractivity contribution in [3.63, 3.8) is 0 Å². The second kappa shape index (κ2) is 6.59. The number of rotatable bonds is 3. The molecule has 2 N–H and O–H groups in total. The summed E-state index contributed by atoms with van der Waals surface area (Å²) in [5, 5.41) is 8.62. The molecule has 0 atom stereocenters. The predicted octanol–water partition coefficient (Wildman–Crippen LogP) is 4.63. The monoisotopic (exact) mass is 389 g/mol. The lowest BCUT2D eigenvalue weighted by atomic mass is 10.0. The third-order valence-electron chi connectivity index (χ3n) is 5.17. The highest BCUT2D eigenvalue weighted by Gasteiger charge is 2.16. The van der Waals surface area contributed by atoms with Gasteiger partial charge in [0.2, 0.25) is 0 Å². The first-order valence-corrected chi connectivity index (χ1v) is 9.51. The molecule has 30 heavy (non-hydrogen) atoms. The van der Waals surface area contributed by atoms with Crippen LogP contribution in [0.3, 0.4) is 0 Å². The molecule has 0 aliphatic rings. The highest BCUT2D eigenvalue weighted by Crippen LogP contribution is 2.32. The van der Waals surface area contributed by atoms with Gasteiger partial charge in [0.05, 0.1) is 11.0 Å². The summed E-state index contributed by atoms with van der Waals surface area (Å²) in [5.74, 6) is 0.673. The largest absolute Gasteiger partial charge is 0.335 e. The van der Waals surface area contributed by atoms with Gasteiger partial charge in [-0.15, -0.1) is 0 Å². The predicted molar refractivity (Wildman–Crippen MR) is 115 cm³/mol. The zero-order valence-electron chi connectivity index (χ0n) is 15.7. The van der Waals surface area contributed by atoms with Crippen LogP contribution in [0, 0.1) is 0 Å². The Balaban J connectivity index is 1.52. The minimum atomic E-state index is 0.646. The second-order valence-corrected chi connectivity index (χ2v) is 6.95. The summed E-state index contributed by atoms with van der Waals surface area (Å²) in [4.78, 5) is 20.9. The number of aromatic nitrogens is 7. The van der Waals surface area contributed by atoms with Crippen LogP contribution in [0.2, 0.25) is 0 Å². The van der Waals surface area contributed by atoms with Crippen LogP contribution in [0.5, 0.6) is 0 Å². The highest BCUT2D eigenvalue weighted by molar-refractivity contribution is 5.97. The number of nitrogens with zero attached hydrogens (tertiary/aromatic N) is 5. The molecule has 7 nitrogen and oxygen atoms in total. The van der Waals surface area contributed by atoms with E-state index >= 15 is 0 Å². The third-order valence-corrected chi connectivity index (χ3v) is 5.17. The molecule has 142 valence electrons. The van der Waals surface area contributed by atoms with Crippen molar-refractivity contribution in [2.24, 2.45) is 0 Å². The zero-order chi connectivity index (χ0) is 19.9. The van der Waals surface area contributed by atoms with Gasteiger partial charge in [-0.05, 0) is 47.5 Å². The summed E-state index contributed by atoms with van der Waals surface area (Å²) < 4.78 is 0. The van der Waals surface area contributed by atoms with Gasteiger partial charge in [-0.25, -0.2) is 9.97 Å². The lowest BCUT2D eigenvalue weighted by Crippen LogP contribution is -1.84. The fourth-order valence-corrected chi connectivity index (χ4v) is 3.70. The zero-order valence-corrected chi connectivity index (χ0v) is 15.7. The SMILES string of the molecule is c1cncc(-c2ccnc3nc(-c4n[nH]c5ccc(-c6ccncc6)cc45)[nH]c23)c1. The second-order valence-electron chi connectivity index (χ2n) is 6.95. The van der Waals surface area contributed by atoms with Crippen LogP contribution in [0.25, 0.3) is 55.8 Å². The Labute approximate surface area is 170 Å². The number of fused-ring (bicyclic) bond motifs is 2. The Kier molecular flexibility index (Phi) is 3.64. The summed E-state index contributed by atoms with van der Waals surface area (Å²) in [6, 6.07) is 16.1. The summed E-state index contributed by atoms with van der Waals surface area (Å²) in [7, 11) is 0. The normalized spacial score (nSPS) is 11.3. The van der Waals surface area contributed by atoms with Gasteiger partial charge in [-0.2, -0.15) is 5.10 Å². The molecule has 0 unspecified atom stereocenters. The van der Waals surface area contributed by atoms with Crippen LogP contribution < -0.4 is 0 Å². The molecular formula is C23H15N7. The molecule has 0 amide bonds. The van der Waals surface area contributed by atoms with Gasteiger partial charge in [-0.3, -0.25) is 15.1 Å². The fraction of sp³-hybridized carbons (Fsp3) is 0. The molecule has 7 heteroatoms.